The standard InChI is InChI=1S/C18H17ClN2O3/c1-20(12-13-4-2-7-16(10-13)21(23)24)17(22)18(8-9-18)14-5-3-6-15(19)11-14/h2-7,10-11H,8-9,12H2,1H3. The second-order valence-electron chi connectivity index (χ2n) is 6.18. The first-order chi connectivity index (χ1) is 11.4. The van der Waals surface area contributed by atoms with Gasteiger partial charge in [0.25, 0.3) is 5.69 Å². The number of hydrogen-bond donors (Lipinski definition) is 0. The molecule has 2 aromatic rings. The monoisotopic (exact) mass is 344 g/mol. The van der Waals surface area contributed by atoms with Crippen LogP contribution in [0.15, 0.2) is 48.5 Å². The molecule has 24 heavy (non-hydrogen) atoms. The molecule has 2 aromatic carbocycles. The van der Waals surface area contributed by atoms with Crippen LogP contribution in [0.1, 0.15) is 24.0 Å². The minimum Gasteiger partial charge on any atom is -0.341 e. The van der Waals surface area contributed by atoms with Crippen molar-refractivity contribution in [1.82, 2.24) is 4.90 Å². The zero-order valence-electron chi connectivity index (χ0n) is 13.2. The van der Waals surface area contributed by atoms with Crippen molar-refractivity contribution in [3.8, 4) is 0 Å². The van der Waals surface area contributed by atoms with E-state index in [2.05, 4.69) is 0 Å². The summed E-state index contributed by atoms with van der Waals surface area (Å²) in [6, 6.07) is 13.8. The van der Waals surface area contributed by atoms with Crippen molar-refractivity contribution >= 4 is 23.2 Å². The first-order valence-corrected chi connectivity index (χ1v) is 8.05. The number of nitro benzene ring substituents is 1. The van der Waals surface area contributed by atoms with E-state index in [1.807, 2.05) is 18.2 Å². The molecule has 1 fully saturated rings. The second-order valence-corrected chi connectivity index (χ2v) is 6.62. The van der Waals surface area contributed by atoms with Gasteiger partial charge in [0.2, 0.25) is 5.91 Å². The Morgan fingerprint density at radius 2 is 1.96 bits per heavy atom. The van der Waals surface area contributed by atoms with Crippen LogP contribution in [0.4, 0.5) is 5.69 Å². The molecule has 0 N–H and O–H groups in total. The number of nitrogens with zero attached hydrogens (tertiary/aromatic N) is 2. The number of hydrogen-bond acceptors (Lipinski definition) is 3. The van der Waals surface area contributed by atoms with Gasteiger partial charge in [-0.2, -0.15) is 0 Å². The van der Waals surface area contributed by atoms with E-state index in [4.69, 9.17) is 11.6 Å². The van der Waals surface area contributed by atoms with Crippen LogP contribution in [-0.2, 0) is 16.8 Å². The lowest BCUT2D eigenvalue weighted by Gasteiger charge is -2.24. The van der Waals surface area contributed by atoms with Gasteiger partial charge in [0.05, 0.1) is 10.3 Å². The topological polar surface area (TPSA) is 63.4 Å². The summed E-state index contributed by atoms with van der Waals surface area (Å²) in [4.78, 5) is 25.0. The van der Waals surface area contributed by atoms with Gasteiger partial charge in [-0.25, -0.2) is 0 Å². The molecule has 5 nitrogen and oxygen atoms in total. The molecule has 1 amide bonds. The molecule has 0 heterocycles. The predicted molar refractivity (Wildman–Crippen MR) is 91.9 cm³/mol. The molecular weight excluding hydrogens is 328 g/mol. The molecule has 0 unspecified atom stereocenters. The maximum atomic E-state index is 12.9. The summed E-state index contributed by atoms with van der Waals surface area (Å²) in [6.07, 6.45) is 1.59. The highest BCUT2D eigenvalue weighted by Gasteiger charge is 2.52. The van der Waals surface area contributed by atoms with Crippen LogP contribution in [-0.4, -0.2) is 22.8 Å². The predicted octanol–water partition coefficient (Wildman–Crippen LogP) is 3.94. The van der Waals surface area contributed by atoms with Gasteiger partial charge in [-0.3, -0.25) is 14.9 Å². The Hall–Kier alpha value is -2.40. The highest BCUT2D eigenvalue weighted by atomic mass is 35.5. The third-order valence-corrected chi connectivity index (χ3v) is 4.66. The van der Waals surface area contributed by atoms with Crippen molar-refractivity contribution in [3.05, 3.63) is 74.8 Å². The molecule has 6 heteroatoms. The average Bonchev–Trinajstić information content (AvgIpc) is 3.36. The third-order valence-electron chi connectivity index (χ3n) is 4.42. The quantitative estimate of drug-likeness (QED) is 0.609. The van der Waals surface area contributed by atoms with E-state index in [1.165, 1.54) is 12.1 Å². The van der Waals surface area contributed by atoms with E-state index in [-0.39, 0.29) is 11.6 Å². The molecule has 3 rings (SSSR count). The minimum absolute atomic E-state index is 0.0243. The van der Waals surface area contributed by atoms with Crippen molar-refractivity contribution in [2.24, 2.45) is 0 Å². The van der Waals surface area contributed by atoms with Gasteiger partial charge in [0, 0.05) is 30.7 Å². The number of benzene rings is 2. The van der Waals surface area contributed by atoms with Crippen LogP contribution in [0.3, 0.4) is 0 Å². The van der Waals surface area contributed by atoms with Crippen molar-refractivity contribution in [2.75, 3.05) is 7.05 Å². The summed E-state index contributed by atoms with van der Waals surface area (Å²) in [5.74, 6) is 0.0243. The van der Waals surface area contributed by atoms with Crippen LogP contribution < -0.4 is 0 Å². The molecule has 0 bridgehead atoms. The molecular formula is C18H17ClN2O3. The summed E-state index contributed by atoms with van der Waals surface area (Å²) < 4.78 is 0. The number of non-ortho nitro benzene ring substituents is 1. The minimum atomic E-state index is -0.500. The third kappa shape index (κ3) is 3.12. The van der Waals surface area contributed by atoms with E-state index >= 15 is 0 Å². The fourth-order valence-corrected chi connectivity index (χ4v) is 3.21. The molecule has 0 aromatic heterocycles. The lowest BCUT2D eigenvalue weighted by atomic mass is 9.94. The number of carbonyl (C=O) groups excluding carboxylic acids is 1. The SMILES string of the molecule is CN(Cc1cccc([N+](=O)[O-])c1)C(=O)C1(c2cccc(Cl)c2)CC1. The average molecular weight is 345 g/mol. The summed E-state index contributed by atoms with van der Waals surface area (Å²) in [5, 5.41) is 11.5. The van der Waals surface area contributed by atoms with Gasteiger partial charge < -0.3 is 4.90 Å². The van der Waals surface area contributed by atoms with Crippen molar-refractivity contribution < 1.29 is 9.72 Å². The van der Waals surface area contributed by atoms with Gasteiger partial charge in [-0.05, 0) is 36.1 Å². The number of rotatable bonds is 5. The number of amides is 1. The fraction of sp³-hybridized carbons (Fsp3) is 0.278. The normalized spacial score (nSPS) is 14.9. The van der Waals surface area contributed by atoms with Crippen LogP contribution in [0.25, 0.3) is 0 Å². The molecule has 1 aliphatic carbocycles. The van der Waals surface area contributed by atoms with E-state index in [1.54, 1.807) is 30.1 Å². The Labute approximate surface area is 145 Å². The van der Waals surface area contributed by atoms with E-state index in [0.717, 1.165) is 24.0 Å². The largest absolute Gasteiger partial charge is 0.341 e. The summed E-state index contributed by atoms with van der Waals surface area (Å²) in [7, 11) is 1.73. The van der Waals surface area contributed by atoms with Gasteiger partial charge >= 0.3 is 0 Å². The van der Waals surface area contributed by atoms with Crippen molar-refractivity contribution in [2.45, 2.75) is 24.8 Å². The summed E-state index contributed by atoms with van der Waals surface area (Å²) in [5.41, 5.74) is 1.21. The Kier molecular flexibility index (Phi) is 4.28. The van der Waals surface area contributed by atoms with E-state index in [9.17, 15) is 14.9 Å². The van der Waals surface area contributed by atoms with Gasteiger partial charge in [-0.1, -0.05) is 35.9 Å². The molecule has 0 spiro atoms. The number of likely N-dealkylation sites (N-methyl/N-ethyl adjacent to an activating group) is 1. The van der Waals surface area contributed by atoms with Crippen molar-refractivity contribution in [1.29, 1.82) is 0 Å². The van der Waals surface area contributed by atoms with Gasteiger partial charge in [0.15, 0.2) is 0 Å². The maximum absolute atomic E-state index is 12.9. The highest BCUT2D eigenvalue weighted by Crippen LogP contribution is 2.50. The smallest absolute Gasteiger partial charge is 0.269 e. The van der Waals surface area contributed by atoms with Crippen LogP contribution in [0, 0.1) is 10.1 Å². The van der Waals surface area contributed by atoms with Crippen LogP contribution in [0.2, 0.25) is 5.02 Å². The molecule has 0 aliphatic heterocycles. The second kappa shape index (κ2) is 6.24. The zero-order valence-corrected chi connectivity index (χ0v) is 14.0. The fourth-order valence-electron chi connectivity index (χ4n) is 3.02. The molecule has 0 saturated heterocycles. The maximum Gasteiger partial charge on any atom is 0.269 e. The summed E-state index contributed by atoms with van der Waals surface area (Å²) >= 11 is 6.05. The van der Waals surface area contributed by atoms with Crippen LogP contribution >= 0.6 is 11.6 Å². The molecule has 0 atom stereocenters. The van der Waals surface area contributed by atoms with E-state index in [0.29, 0.717) is 11.6 Å². The lowest BCUT2D eigenvalue weighted by Crippen LogP contribution is -2.36. The van der Waals surface area contributed by atoms with E-state index < -0.39 is 10.3 Å². The number of halogens is 1. The van der Waals surface area contributed by atoms with Gasteiger partial charge in [0.1, 0.15) is 0 Å². The number of carbonyl (C=O) groups is 1. The molecule has 124 valence electrons. The zero-order chi connectivity index (χ0) is 17.3. The van der Waals surface area contributed by atoms with Crippen molar-refractivity contribution in [3.63, 3.8) is 0 Å². The van der Waals surface area contributed by atoms with Crippen LogP contribution in [0.5, 0.6) is 0 Å². The summed E-state index contributed by atoms with van der Waals surface area (Å²) in [6.45, 7) is 0.336. The first kappa shape index (κ1) is 16.5. The molecule has 1 saturated carbocycles. The first-order valence-electron chi connectivity index (χ1n) is 7.67. The molecule has 0 radical (unpaired) electrons. The molecule has 1 aliphatic rings. The Morgan fingerprint density at radius 1 is 1.25 bits per heavy atom. The Morgan fingerprint density at radius 3 is 2.58 bits per heavy atom. The lowest BCUT2D eigenvalue weighted by molar-refractivity contribution is -0.384. The Balaban J connectivity index is 1.78. The van der Waals surface area contributed by atoms with Gasteiger partial charge in [-0.15, -0.1) is 0 Å². The highest BCUT2D eigenvalue weighted by molar-refractivity contribution is 6.30. The Bertz CT molecular complexity index is 802. The number of nitro groups is 1.